The molecule has 1 atom stereocenters. The molecule has 0 N–H and O–H groups in total. The SMILES string of the molecule is C=CCC1CCCCCC(OC)=N1. The molecule has 74 valence electrons. The first-order valence-electron chi connectivity index (χ1n) is 5.08. The summed E-state index contributed by atoms with van der Waals surface area (Å²) in [6.07, 6.45) is 8.92. The molecule has 0 fully saturated rings. The lowest BCUT2D eigenvalue weighted by Gasteiger charge is -2.16. The number of rotatable bonds is 2. The standard InChI is InChI=1S/C11H19NO/c1-3-7-10-8-5-4-6-9-11(12-10)13-2/h3,10H,1,4-9H2,2H3. The molecule has 1 aliphatic rings. The van der Waals surface area contributed by atoms with Gasteiger partial charge in [-0.2, -0.15) is 0 Å². The van der Waals surface area contributed by atoms with E-state index in [4.69, 9.17) is 4.74 Å². The Morgan fingerprint density at radius 3 is 3.08 bits per heavy atom. The van der Waals surface area contributed by atoms with Crippen LogP contribution < -0.4 is 0 Å². The van der Waals surface area contributed by atoms with E-state index in [1.165, 1.54) is 25.7 Å². The van der Waals surface area contributed by atoms with Crippen molar-refractivity contribution in [3.63, 3.8) is 0 Å². The largest absolute Gasteiger partial charge is 0.484 e. The van der Waals surface area contributed by atoms with Gasteiger partial charge in [0.15, 0.2) is 5.90 Å². The molecule has 2 nitrogen and oxygen atoms in total. The monoisotopic (exact) mass is 181 g/mol. The van der Waals surface area contributed by atoms with E-state index in [0.29, 0.717) is 6.04 Å². The highest BCUT2D eigenvalue weighted by Crippen LogP contribution is 2.16. The molecule has 0 radical (unpaired) electrons. The Balaban J connectivity index is 2.56. The van der Waals surface area contributed by atoms with Crippen LogP contribution in [0.5, 0.6) is 0 Å². The van der Waals surface area contributed by atoms with Crippen LogP contribution in [0, 0.1) is 0 Å². The Morgan fingerprint density at radius 1 is 1.54 bits per heavy atom. The first-order chi connectivity index (χ1) is 6.36. The van der Waals surface area contributed by atoms with Crippen LogP contribution >= 0.6 is 0 Å². The molecule has 1 rings (SSSR count). The van der Waals surface area contributed by atoms with Gasteiger partial charge in [0.2, 0.25) is 0 Å². The minimum Gasteiger partial charge on any atom is -0.484 e. The molecule has 0 aromatic rings. The van der Waals surface area contributed by atoms with E-state index < -0.39 is 0 Å². The molecule has 1 unspecified atom stereocenters. The fourth-order valence-corrected chi connectivity index (χ4v) is 1.68. The number of hydrogen-bond acceptors (Lipinski definition) is 2. The Hall–Kier alpha value is -0.790. The van der Waals surface area contributed by atoms with Gasteiger partial charge in [0, 0.05) is 6.42 Å². The van der Waals surface area contributed by atoms with Gasteiger partial charge < -0.3 is 4.74 Å². The van der Waals surface area contributed by atoms with Crippen molar-refractivity contribution in [2.75, 3.05) is 7.11 Å². The van der Waals surface area contributed by atoms with Crippen molar-refractivity contribution < 1.29 is 4.74 Å². The van der Waals surface area contributed by atoms with Gasteiger partial charge in [-0.1, -0.05) is 18.9 Å². The molecule has 1 aliphatic heterocycles. The van der Waals surface area contributed by atoms with Gasteiger partial charge in [0.25, 0.3) is 0 Å². The van der Waals surface area contributed by atoms with Gasteiger partial charge in [0.05, 0.1) is 13.2 Å². The fraction of sp³-hybridized carbons (Fsp3) is 0.727. The average molecular weight is 181 g/mol. The molecule has 0 aromatic heterocycles. The summed E-state index contributed by atoms with van der Waals surface area (Å²) < 4.78 is 5.22. The van der Waals surface area contributed by atoms with Crippen molar-refractivity contribution in [3.8, 4) is 0 Å². The third-order valence-electron chi connectivity index (χ3n) is 2.43. The molecule has 0 saturated heterocycles. The summed E-state index contributed by atoms with van der Waals surface area (Å²) in [6.45, 7) is 3.75. The minimum atomic E-state index is 0.410. The first-order valence-corrected chi connectivity index (χ1v) is 5.08. The number of methoxy groups -OCH3 is 1. The minimum absolute atomic E-state index is 0.410. The third-order valence-corrected chi connectivity index (χ3v) is 2.43. The predicted molar refractivity (Wildman–Crippen MR) is 56.1 cm³/mol. The molecular weight excluding hydrogens is 162 g/mol. The van der Waals surface area contributed by atoms with Gasteiger partial charge in [0.1, 0.15) is 0 Å². The van der Waals surface area contributed by atoms with Crippen molar-refractivity contribution in [3.05, 3.63) is 12.7 Å². The zero-order valence-electron chi connectivity index (χ0n) is 8.46. The molecule has 0 saturated carbocycles. The smallest absolute Gasteiger partial charge is 0.183 e. The van der Waals surface area contributed by atoms with E-state index in [0.717, 1.165) is 18.7 Å². The Bertz CT molecular complexity index is 187. The van der Waals surface area contributed by atoms with E-state index in [2.05, 4.69) is 11.6 Å². The van der Waals surface area contributed by atoms with Crippen LogP contribution in [0.4, 0.5) is 0 Å². The van der Waals surface area contributed by atoms with E-state index in [1.54, 1.807) is 7.11 Å². The van der Waals surface area contributed by atoms with Crippen molar-refractivity contribution in [2.45, 2.75) is 44.6 Å². The van der Waals surface area contributed by atoms with E-state index in [-0.39, 0.29) is 0 Å². The van der Waals surface area contributed by atoms with Crippen molar-refractivity contribution >= 4 is 5.90 Å². The lowest BCUT2D eigenvalue weighted by molar-refractivity contribution is 0.372. The zero-order valence-corrected chi connectivity index (χ0v) is 8.46. The molecule has 0 aromatic carbocycles. The van der Waals surface area contributed by atoms with Gasteiger partial charge in [-0.3, -0.25) is 4.99 Å². The molecular formula is C11H19NO. The summed E-state index contributed by atoms with van der Waals surface area (Å²) in [5.74, 6) is 0.923. The maximum atomic E-state index is 5.22. The van der Waals surface area contributed by atoms with E-state index in [1.807, 2.05) is 6.08 Å². The van der Waals surface area contributed by atoms with Crippen LogP contribution in [0.3, 0.4) is 0 Å². The quantitative estimate of drug-likeness (QED) is 0.600. The molecule has 0 bridgehead atoms. The molecule has 0 amide bonds. The molecule has 13 heavy (non-hydrogen) atoms. The van der Waals surface area contributed by atoms with E-state index in [9.17, 15) is 0 Å². The second-order valence-electron chi connectivity index (χ2n) is 3.50. The summed E-state index contributed by atoms with van der Waals surface area (Å²) in [4.78, 5) is 4.57. The maximum absolute atomic E-state index is 5.22. The van der Waals surface area contributed by atoms with Crippen LogP contribution in [0.1, 0.15) is 38.5 Å². The van der Waals surface area contributed by atoms with Crippen LogP contribution in [0.2, 0.25) is 0 Å². The van der Waals surface area contributed by atoms with Gasteiger partial charge >= 0.3 is 0 Å². The molecule has 0 aliphatic carbocycles. The normalized spacial score (nSPS) is 24.1. The predicted octanol–water partition coefficient (Wildman–Crippen LogP) is 2.94. The summed E-state index contributed by atoms with van der Waals surface area (Å²) in [5, 5.41) is 0. The first kappa shape index (κ1) is 10.3. The summed E-state index contributed by atoms with van der Waals surface area (Å²) in [5.41, 5.74) is 0. The lowest BCUT2D eigenvalue weighted by atomic mass is 10.0. The van der Waals surface area contributed by atoms with Crippen LogP contribution in [0.25, 0.3) is 0 Å². The van der Waals surface area contributed by atoms with Crippen molar-refractivity contribution in [1.29, 1.82) is 0 Å². The van der Waals surface area contributed by atoms with Gasteiger partial charge in [-0.25, -0.2) is 0 Å². The summed E-state index contributed by atoms with van der Waals surface area (Å²) in [6, 6.07) is 0.410. The average Bonchev–Trinajstić information content (AvgIpc) is 2.09. The highest BCUT2D eigenvalue weighted by Gasteiger charge is 2.10. The maximum Gasteiger partial charge on any atom is 0.183 e. The van der Waals surface area contributed by atoms with Crippen LogP contribution in [0.15, 0.2) is 17.6 Å². The second-order valence-corrected chi connectivity index (χ2v) is 3.50. The number of aliphatic imine (C=N–C) groups is 1. The Morgan fingerprint density at radius 2 is 2.38 bits per heavy atom. The number of nitrogens with zero attached hydrogens (tertiary/aromatic N) is 1. The molecule has 1 heterocycles. The van der Waals surface area contributed by atoms with Gasteiger partial charge in [-0.15, -0.1) is 6.58 Å². The zero-order chi connectivity index (χ0) is 9.52. The fourth-order valence-electron chi connectivity index (χ4n) is 1.68. The Labute approximate surface area is 80.7 Å². The third kappa shape index (κ3) is 3.62. The Kier molecular flexibility index (Phi) is 4.58. The van der Waals surface area contributed by atoms with Crippen LogP contribution in [-0.4, -0.2) is 19.0 Å². The highest BCUT2D eigenvalue weighted by atomic mass is 16.5. The lowest BCUT2D eigenvalue weighted by Crippen LogP contribution is -2.12. The summed E-state index contributed by atoms with van der Waals surface area (Å²) in [7, 11) is 1.71. The summed E-state index contributed by atoms with van der Waals surface area (Å²) >= 11 is 0. The van der Waals surface area contributed by atoms with Crippen LogP contribution in [-0.2, 0) is 4.74 Å². The molecule has 2 heteroatoms. The topological polar surface area (TPSA) is 21.6 Å². The second kappa shape index (κ2) is 5.79. The number of hydrogen-bond donors (Lipinski definition) is 0. The number of ether oxygens (including phenoxy) is 1. The van der Waals surface area contributed by atoms with Crippen molar-refractivity contribution in [1.82, 2.24) is 0 Å². The molecule has 0 spiro atoms. The van der Waals surface area contributed by atoms with Crippen molar-refractivity contribution in [2.24, 2.45) is 4.99 Å². The van der Waals surface area contributed by atoms with Gasteiger partial charge in [-0.05, 0) is 19.3 Å². The highest BCUT2D eigenvalue weighted by molar-refractivity contribution is 5.76. The van der Waals surface area contributed by atoms with E-state index >= 15 is 0 Å².